The quantitative estimate of drug-likeness (QED) is 0.860. The third-order valence-electron chi connectivity index (χ3n) is 4.79. The lowest BCUT2D eigenvalue weighted by Gasteiger charge is -2.34. The molecule has 2 atom stereocenters. The van der Waals surface area contributed by atoms with E-state index in [2.05, 4.69) is 27.4 Å². The molecule has 2 heterocycles. The van der Waals surface area contributed by atoms with Gasteiger partial charge in [0.25, 0.3) is 5.56 Å². The summed E-state index contributed by atoms with van der Waals surface area (Å²) in [5.74, 6) is 1.36. The highest BCUT2D eigenvalue weighted by Gasteiger charge is 2.23. The van der Waals surface area contributed by atoms with E-state index in [1.165, 1.54) is 25.7 Å². The van der Waals surface area contributed by atoms with Crippen LogP contribution in [0.3, 0.4) is 0 Å². The zero-order valence-corrected chi connectivity index (χ0v) is 13.4. The van der Waals surface area contributed by atoms with Crippen molar-refractivity contribution >= 4 is 5.82 Å². The Labute approximate surface area is 132 Å². The summed E-state index contributed by atoms with van der Waals surface area (Å²) >= 11 is 0. The van der Waals surface area contributed by atoms with Crippen LogP contribution in [0.25, 0.3) is 0 Å². The number of allylic oxidation sites excluding steroid dienone is 2. The molecule has 0 radical (unpaired) electrons. The number of hydrogen-bond donors (Lipinski definition) is 1. The Kier molecular flexibility index (Phi) is 4.93. The van der Waals surface area contributed by atoms with Crippen molar-refractivity contribution in [2.45, 2.75) is 38.1 Å². The lowest BCUT2D eigenvalue weighted by molar-refractivity contribution is 0.366. The van der Waals surface area contributed by atoms with Crippen LogP contribution < -0.4 is 15.8 Å². The summed E-state index contributed by atoms with van der Waals surface area (Å²) in [6.45, 7) is 2.90. The minimum atomic E-state index is 0.000526. The topological polar surface area (TPSA) is 50.2 Å². The fourth-order valence-electron chi connectivity index (χ4n) is 3.41. The van der Waals surface area contributed by atoms with Crippen LogP contribution in [0.5, 0.6) is 0 Å². The first-order valence-electron chi connectivity index (χ1n) is 8.39. The predicted octanol–water partition coefficient (Wildman–Crippen LogP) is 1.70. The van der Waals surface area contributed by atoms with Gasteiger partial charge in [0.1, 0.15) is 0 Å². The lowest BCUT2D eigenvalue weighted by atomic mass is 9.94. The number of nitrogens with zero attached hydrogens (tertiary/aromatic N) is 3. The molecular formula is C17H26N4O. The Hall–Kier alpha value is -1.62. The van der Waals surface area contributed by atoms with E-state index < -0.39 is 0 Å². The van der Waals surface area contributed by atoms with Gasteiger partial charge in [-0.1, -0.05) is 12.2 Å². The van der Waals surface area contributed by atoms with E-state index in [4.69, 9.17) is 0 Å². The van der Waals surface area contributed by atoms with Gasteiger partial charge in [-0.25, -0.2) is 4.98 Å². The highest BCUT2D eigenvalue weighted by molar-refractivity contribution is 5.36. The molecule has 3 rings (SSSR count). The summed E-state index contributed by atoms with van der Waals surface area (Å²) in [5, 5.41) is 3.71. The van der Waals surface area contributed by atoms with E-state index in [0.29, 0.717) is 11.9 Å². The number of anilines is 1. The Balaban J connectivity index is 1.58. The maximum Gasteiger partial charge on any atom is 0.293 e. The van der Waals surface area contributed by atoms with Crippen LogP contribution in [0.15, 0.2) is 29.3 Å². The van der Waals surface area contributed by atoms with Gasteiger partial charge in [-0.15, -0.1) is 0 Å². The molecule has 0 saturated carbocycles. The molecule has 0 bridgehead atoms. The van der Waals surface area contributed by atoms with E-state index in [0.717, 1.165) is 32.0 Å². The second kappa shape index (κ2) is 7.09. The van der Waals surface area contributed by atoms with E-state index >= 15 is 0 Å². The summed E-state index contributed by atoms with van der Waals surface area (Å²) < 4.78 is 1.60. The number of aryl methyl sites for hydroxylation is 1. The first-order chi connectivity index (χ1) is 10.7. The van der Waals surface area contributed by atoms with Gasteiger partial charge in [0, 0.05) is 38.6 Å². The van der Waals surface area contributed by atoms with Crippen LogP contribution in [0.2, 0.25) is 0 Å². The maximum atomic E-state index is 12.2. The summed E-state index contributed by atoms with van der Waals surface area (Å²) in [5.41, 5.74) is 0.000526. The average molecular weight is 302 g/mol. The van der Waals surface area contributed by atoms with Gasteiger partial charge in [-0.2, -0.15) is 0 Å². The van der Waals surface area contributed by atoms with Crippen LogP contribution >= 0.6 is 0 Å². The number of aromatic nitrogens is 2. The summed E-state index contributed by atoms with van der Waals surface area (Å²) in [6, 6.07) is 0.464. The van der Waals surface area contributed by atoms with Crippen molar-refractivity contribution in [2.24, 2.45) is 13.0 Å². The number of hydrogen-bond acceptors (Lipinski definition) is 4. The Morgan fingerprint density at radius 3 is 3.09 bits per heavy atom. The fraction of sp³-hybridized carbons (Fsp3) is 0.647. The third kappa shape index (κ3) is 3.58. The standard InChI is InChI=1S/C17H26N4O/c1-20-11-9-18-16(17(20)22)21-10-5-8-15(13-21)19-12-14-6-3-2-4-7-14/h2-3,9,11,14-15,19H,4-8,10,12-13H2,1H3/t14-,15-/m1/s1. The number of piperidine rings is 1. The molecule has 0 aromatic carbocycles. The van der Waals surface area contributed by atoms with Crippen molar-refractivity contribution in [3.8, 4) is 0 Å². The van der Waals surface area contributed by atoms with E-state index in [1.807, 2.05) is 0 Å². The minimum Gasteiger partial charge on any atom is -0.350 e. The molecule has 1 N–H and O–H groups in total. The van der Waals surface area contributed by atoms with Crippen molar-refractivity contribution in [3.63, 3.8) is 0 Å². The van der Waals surface area contributed by atoms with Crippen LogP contribution in [-0.2, 0) is 7.05 Å². The van der Waals surface area contributed by atoms with Gasteiger partial charge < -0.3 is 14.8 Å². The Bertz CT molecular complexity index is 580. The highest BCUT2D eigenvalue weighted by Crippen LogP contribution is 2.19. The zero-order valence-electron chi connectivity index (χ0n) is 13.4. The molecule has 1 aliphatic heterocycles. The first-order valence-corrected chi connectivity index (χ1v) is 8.39. The van der Waals surface area contributed by atoms with Crippen LogP contribution in [0.1, 0.15) is 32.1 Å². The summed E-state index contributed by atoms with van der Waals surface area (Å²) in [6.07, 6.45) is 14.0. The smallest absolute Gasteiger partial charge is 0.293 e. The maximum absolute atomic E-state index is 12.2. The molecule has 0 unspecified atom stereocenters. The SMILES string of the molecule is Cn1ccnc(N2CCC[C@@H](NC[C@@H]3CC=CCC3)C2)c1=O. The molecule has 1 fully saturated rings. The highest BCUT2D eigenvalue weighted by atomic mass is 16.1. The number of rotatable bonds is 4. The predicted molar refractivity (Wildman–Crippen MR) is 89.2 cm³/mol. The lowest BCUT2D eigenvalue weighted by Crippen LogP contribution is -2.48. The van der Waals surface area contributed by atoms with Gasteiger partial charge in [0.15, 0.2) is 5.82 Å². The summed E-state index contributed by atoms with van der Waals surface area (Å²) in [4.78, 5) is 18.7. The largest absolute Gasteiger partial charge is 0.350 e. The second-order valence-corrected chi connectivity index (χ2v) is 6.51. The number of nitrogens with one attached hydrogen (secondary N) is 1. The molecular weight excluding hydrogens is 276 g/mol. The van der Waals surface area contributed by atoms with Crippen LogP contribution in [0.4, 0.5) is 5.82 Å². The molecule has 1 aromatic rings. The molecule has 0 spiro atoms. The normalized spacial score (nSPS) is 25.4. The van der Waals surface area contributed by atoms with Crippen molar-refractivity contribution in [2.75, 3.05) is 24.5 Å². The van der Waals surface area contributed by atoms with Gasteiger partial charge in [0.2, 0.25) is 0 Å². The third-order valence-corrected chi connectivity index (χ3v) is 4.79. The van der Waals surface area contributed by atoms with Crippen LogP contribution in [-0.4, -0.2) is 35.2 Å². The van der Waals surface area contributed by atoms with E-state index in [1.54, 1.807) is 24.0 Å². The Morgan fingerprint density at radius 2 is 2.27 bits per heavy atom. The van der Waals surface area contributed by atoms with Crippen molar-refractivity contribution in [1.82, 2.24) is 14.9 Å². The van der Waals surface area contributed by atoms with Gasteiger partial charge in [-0.05, 0) is 44.6 Å². The first kappa shape index (κ1) is 15.3. The van der Waals surface area contributed by atoms with E-state index in [-0.39, 0.29) is 5.56 Å². The van der Waals surface area contributed by atoms with Crippen molar-refractivity contribution in [3.05, 3.63) is 34.9 Å². The molecule has 120 valence electrons. The molecule has 1 aromatic heterocycles. The minimum absolute atomic E-state index is 0.000526. The van der Waals surface area contributed by atoms with Gasteiger partial charge >= 0.3 is 0 Å². The Morgan fingerprint density at radius 1 is 1.36 bits per heavy atom. The molecule has 22 heavy (non-hydrogen) atoms. The van der Waals surface area contributed by atoms with Gasteiger partial charge in [-0.3, -0.25) is 4.79 Å². The van der Waals surface area contributed by atoms with Crippen molar-refractivity contribution < 1.29 is 0 Å². The fourth-order valence-corrected chi connectivity index (χ4v) is 3.41. The van der Waals surface area contributed by atoms with E-state index in [9.17, 15) is 4.79 Å². The monoisotopic (exact) mass is 302 g/mol. The molecule has 1 aliphatic carbocycles. The van der Waals surface area contributed by atoms with Gasteiger partial charge in [0.05, 0.1) is 0 Å². The molecule has 1 saturated heterocycles. The van der Waals surface area contributed by atoms with Crippen LogP contribution in [0, 0.1) is 5.92 Å². The molecule has 0 amide bonds. The molecule has 5 heteroatoms. The average Bonchev–Trinajstić information content (AvgIpc) is 2.57. The molecule has 2 aliphatic rings. The molecule has 5 nitrogen and oxygen atoms in total. The summed E-state index contributed by atoms with van der Waals surface area (Å²) in [7, 11) is 1.78. The zero-order chi connectivity index (χ0) is 15.4. The van der Waals surface area contributed by atoms with Crippen molar-refractivity contribution in [1.29, 1.82) is 0 Å². The second-order valence-electron chi connectivity index (χ2n) is 6.51.